The first-order valence-corrected chi connectivity index (χ1v) is 12.0. The van der Waals surface area contributed by atoms with Crippen molar-refractivity contribution in [2.24, 2.45) is 0 Å². The van der Waals surface area contributed by atoms with Crippen molar-refractivity contribution in [3.8, 4) is 23.0 Å². The number of rotatable bonds is 9. The van der Waals surface area contributed by atoms with E-state index in [2.05, 4.69) is 0 Å². The normalized spacial score (nSPS) is 13.9. The summed E-state index contributed by atoms with van der Waals surface area (Å²) >= 11 is 6.27. The zero-order valence-corrected chi connectivity index (χ0v) is 19.9. The summed E-state index contributed by atoms with van der Waals surface area (Å²) in [5.74, 6) is 1.15. The lowest BCUT2D eigenvalue weighted by atomic mass is 9.84. The number of nitro benzene ring substituents is 1. The fraction of sp³-hybridized carbons (Fsp3) is 0.296. The number of nitro groups is 1. The van der Waals surface area contributed by atoms with Crippen molar-refractivity contribution in [2.45, 2.75) is 50.9 Å². The molecule has 0 amide bonds. The lowest BCUT2D eigenvalue weighted by molar-refractivity contribution is -0.385. The maximum atomic E-state index is 11.6. The lowest BCUT2D eigenvalue weighted by Crippen LogP contribution is -2.06. The molecule has 0 bridgehead atoms. The third-order valence-electron chi connectivity index (χ3n) is 6.11. The van der Waals surface area contributed by atoms with Gasteiger partial charge in [0.25, 0.3) is 5.69 Å². The molecule has 1 saturated carbocycles. The quantitative estimate of drug-likeness (QED) is 0.239. The van der Waals surface area contributed by atoms with Crippen LogP contribution in [0.15, 0.2) is 60.7 Å². The molecule has 0 unspecified atom stereocenters. The van der Waals surface area contributed by atoms with E-state index < -0.39 is 10.9 Å². The highest BCUT2D eigenvalue weighted by molar-refractivity contribution is 6.30. The van der Waals surface area contributed by atoms with Gasteiger partial charge in [0.1, 0.15) is 23.0 Å². The van der Waals surface area contributed by atoms with E-state index in [9.17, 15) is 14.9 Å². The van der Waals surface area contributed by atoms with Crippen LogP contribution in [0.3, 0.4) is 0 Å². The second kappa shape index (κ2) is 11.2. The molecular formula is C27H26ClNO6. The monoisotopic (exact) mass is 495 g/mol. The van der Waals surface area contributed by atoms with Gasteiger partial charge in [0.2, 0.25) is 0 Å². The Bertz CT molecular complexity index is 1200. The summed E-state index contributed by atoms with van der Waals surface area (Å²) in [4.78, 5) is 21.8. The van der Waals surface area contributed by atoms with Gasteiger partial charge in [0.15, 0.2) is 0 Å². The van der Waals surface area contributed by atoms with Crippen LogP contribution in [0.2, 0.25) is 5.02 Å². The third kappa shape index (κ3) is 6.73. The maximum Gasteiger partial charge on any atom is 0.303 e. The van der Waals surface area contributed by atoms with Crippen LogP contribution < -0.4 is 9.47 Å². The minimum Gasteiger partial charge on any atom is -0.481 e. The van der Waals surface area contributed by atoms with Crippen LogP contribution in [0.5, 0.6) is 23.0 Å². The number of carbonyl (C=O) groups is 1. The molecular weight excluding hydrogens is 470 g/mol. The van der Waals surface area contributed by atoms with Crippen molar-refractivity contribution >= 4 is 23.3 Å². The van der Waals surface area contributed by atoms with Gasteiger partial charge in [-0.2, -0.15) is 0 Å². The number of nitrogens with zero attached hydrogens (tertiary/aromatic N) is 1. The lowest BCUT2D eigenvalue weighted by Gasteiger charge is -2.24. The first kappa shape index (κ1) is 24.5. The SMILES string of the molecule is O=C(O)CCc1ccc(Oc2cc(Oc3ccc(Cl)cc3C3CCCCC3)cc([N+](=O)[O-])c2)cc1. The van der Waals surface area contributed by atoms with Gasteiger partial charge in [-0.25, -0.2) is 0 Å². The molecule has 1 aliphatic carbocycles. The highest BCUT2D eigenvalue weighted by Gasteiger charge is 2.21. The van der Waals surface area contributed by atoms with Crippen LogP contribution in [0, 0.1) is 10.1 Å². The molecule has 1 fully saturated rings. The summed E-state index contributed by atoms with van der Waals surface area (Å²) in [5.41, 5.74) is 1.73. The van der Waals surface area contributed by atoms with Gasteiger partial charge in [-0.15, -0.1) is 0 Å². The smallest absolute Gasteiger partial charge is 0.303 e. The average Bonchev–Trinajstić information content (AvgIpc) is 2.85. The zero-order valence-electron chi connectivity index (χ0n) is 19.1. The minimum absolute atomic E-state index is 0.0410. The number of ether oxygens (including phenoxy) is 2. The highest BCUT2D eigenvalue weighted by atomic mass is 35.5. The molecule has 7 nitrogen and oxygen atoms in total. The van der Waals surface area contributed by atoms with E-state index in [4.69, 9.17) is 26.2 Å². The van der Waals surface area contributed by atoms with Crippen molar-refractivity contribution in [3.05, 3.63) is 86.9 Å². The van der Waals surface area contributed by atoms with Crippen molar-refractivity contribution in [1.29, 1.82) is 0 Å². The molecule has 4 rings (SSSR count). The molecule has 8 heteroatoms. The van der Waals surface area contributed by atoms with Crippen LogP contribution in [0.1, 0.15) is 55.6 Å². The number of halogens is 1. The summed E-state index contributed by atoms with van der Waals surface area (Å²) in [6, 6.07) is 16.8. The molecule has 0 spiro atoms. The van der Waals surface area contributed by atoms with E-state index >= 15 is 0 Å². The molecule has 0 saturated heterocycles. The van der Waals surface area contributed by atoms with E-state index in [0.29, 0.717) is 34.6 Å². The van der Waals surface area contributed by atoms with Crippen molar-refractivity contribution in [2.75, 3.05) is 0 Å². The number of aryl methyl sites for hydroxylation is 1. The molecule has 0 heterocycles. The molecule has 0 atom stereocenters. The summed E-state index contributed by atoms with van der Waals surface area (Å²) in [6.07, 6.45) is 6.10. The molecule has 0 aliphatic heterocycles. The second-order valence-corrected chi connectivity index (χ2v) is 9.12. The molecule has 0 radical (unpaired) electrons. The van der Waals surface area contributed by atoms with Gasteiger partial charge >= 0.3 is 5.97 Å². The number of carboxylic acids is 1. The van der Waals surface area contributed by atoms with E-state index in [0.717, 1.165) is 36.8 Å². The predicted molar refractivity (Wildman–Crippen MR) is 133 cm³/mol. The van der Waals surface area contributed by atoms with Gasteiger partial charge < -0.3 is 14.6 Å². The fourth-order valence-corrected chi connectivity index (χ4v) is 4.54. The van der Waals surface area contributed by atoms with Crippen molar-refractivity contribution < 1.29 is 24.3 Å². The van der Waals surface area contributed by atoms with Crippen LogP contribution >= 0.6 is 11.6 Å². The predicted octanol–water partition coefficient (Wildman–Crippen LogP) is 7.90. The summed E-state index contributed by atoms with van der Waals surface area (Å²) < 4.78 is 12.0. The Morgan fingerprint density at radius 1 is 0.943 bits per heavy atom. The fourth-order valence-electron chi connectivity index (χ4n) is 4.36. The van der Waals surface area contributed by atoms with Crippen LogP contribution in [0.25, 0.3) is 0 Å². The van der Waals surface area contributed by atoms with Crippen LogP contribution in [-0.4, -0.2) is 16.0 Å². The van der Waals surface area contributed by atoms with E-state index in [-0.39, 0.29) is 17.9 Å². The Balaban J connectivity index is 1.57. The Morgan fingerprint density at radius 3 is 2.29 bits per heavy atom. The van der Waals surface area contributed by atoms with E-state index in [1.165, 1.54) is 18.6 Å². The van der Waals surface area contributed by atoms with Gasteiger partial charge in [-0.1, -0.05) is 43.0 Å². The average molecular weight is 496 g/mol. The van der Waals surface area contributed by atoms with Crippen molar-refractivity contribution in [1.82, 2.24) is 0 Å². The van der Waals surface area contributed by atoms with E-state index in [1.807, 2.05) is 12.1 Å². The molecule has 1 N–H and O–H groups in total. The van der Waals surface area contributed by atoms with E-state index in [1.54, 1.807) is 36.4 Å². The van der Waals surface area contributed by atoms with Crippen LogP contribution in [0.4, 0.5) is 5.69 Å². The van der Waals surface area contributed by atoms with Gasteiger partial charge in [-0.05, 0) is 66.6 Å². The first-order valence-electron chi connectivity index (χ1n) is 11.6. The standard InChI is InChI=1S/C27H26ClNO6/c28-20-9-12-26(25(14-20)19-4-2-1-3-5-19)35-24-16-21(29(32)33)15-23(17-24)34-22-10-6-18(7-11-22)8-13-27(30)31/h6-7,9-12,14-17,19H,1-5,8,13H2,(H,30,31). The van der Waals surface area contributed by atoms with Crippen LogP contribution in [-0.2, 0) is 11.2 Å². The molecule has 182 valence electrons. The Morgan fingerprint density at radius 2 is 1.63 bits per heavy atom. The number of benzene rings is 3. The van der Waals surface area contributed by atoms with Gasteiger partial charge in [0, 0.05) is 17.5 Å². The number of aliphatic carboxylic acids is 1. The highest BCUT2D eigenvalue weighted by Crippen LogP contribution is 2.41. The number of non-ortho nitro benzene ring substituents is 1. The molecule has 35 heavy (non-hydrogen) atoms. The molecule has 3 aromatic carbocycles. The Labute approximate surface area is 208 Å². The van der Waals surface area contributed by atoms with Crippen molar-refractivity contribution in [3.63, 3.8) is 0 Å². The third-order valence-corrected chi connectivity index (χ3v) is 6.34. The summed E-state index contributed by atoms with van der Waals surface area (Å²) in [5, 5.41) is 21.0. The molecule has 3 aromatic rings. The van der Waals surface area contributed by atoms with Gasteiger partial charge in [-0.3, -0.25) is 14.9 Å². The zero-order chi connectivity index (χ0) is 24.8. The number of hydrogen-bond donors (Lipinski definition) is 1. The Hall–Kier alpha value is -3.58. The molecule has 1 aliphatic rings. The van der Waals surface area contributed by atoms with Gasteiger partial charge in [0.05, 0.1) is 17.1 Å². The maximum absolute atomic E-state index is 11.6. The second-order valence-electron chi connectivity index (χ2n) is 8.68. The largest absolute Gasteiger partial charge is 0.481 e. The molecule has 0 aromatic heterocycles. The first-order chi connectivity index (χ1) is 16.9. The topological polar surface area (TPSA) is 98.9 Å². The Kier molecular flexibility index (Phi) is 7.87. The minimum atomic E-state index is -0.859. The number of hydrogen-bond acceptors (Lipinski definition) is 5. The summed E-state index contributed by atoms with van der Waals surface area (Å²) in [6.45, 7) is 0. The summed E-state index contributed by atoms with van der Waals surface area (Å²) in [7, 11) is 0. The number of carboxylic acid groups (broad SMARTS) is 1.